The number of hydrogen-bond acceptors (Lipinski definition) is 3. The van der Waals surface area contributed by atoms with E-state index in [1.54, 1.807) is 0 Å². The van der Waals surface area contributed by atoms with Gasteiger partial charge in [0.05, 0.1) is 6.20 Å². The monoisotopic (exact) mass is 236 g/mol. The number of aromatic nitrogens is 2. The highest BCUT2D eigenvalue weighted by Crippen LogP contribution is 2.13. The molecule has 1 saturated heterocycles. The average Bonchev–Trinajstić information content (AvgIpc) is 2.80. The molecule has 0 amide bonds. The first-order chi connectivity index (χ1) is 8.31. The van der Waals surface area contributed by atoms with E-state index in [9.17, 15) is 0 Å². The highest BCUT2D eigenvalue weighted by atomic mass is 15.3. The molecule has 1 aromatic rings. The summed E-state index contributed by atoms with van der Waals surface area (Å²) < 4.78 is 2.00. The largest absolute Gasteiger partial charge is 0.314 e. The quantitative estimate of drug-likeness (QED) is 0.840. The van der Waals surface area contributed by atoms with Crippen LogP contribution in [0, 0.1) is 0 Å². The summed E-state index contributed by atoms with van der Waals surface area (Å²) in [4.78, 5) is 2.53. The van der Waals surface area contributed by atoms with Gasteiger partial charge in [-0.3, -0.25) is 9.58 Å². The van der Waals surface area contributed by atoms with Crippen molar-refractivity contribution in [3.05, 3.63) is 18.0 Å². The maximum Gasteiger partial charge on any atom is 0.0534 e. The van der Waals surface area contributed by atoms with Gasteiger partial charge in [-0.2, -0.15) is 5.10 Å². The van der Waals surface area contributed by atoms with E-state index >= 15 is 0 Å². The Bertz CT molecular complexity index is 326. The van der Waals surface area contributed by atoms with Gasteiger partial charge in [0.2, 0.25) is 0 Å². The molecule has 1 aromatic heterocycles. The SMILES string of the molecule is CCNC1CCN(Cc2cnn(CC)c2)CC1. The summed E-state index contributed by atoms with van der Waals surface area (Å²) in [6.45, 7) is 9.82. The van der Waals surface area contributed by atoms with Crippen molar-refractivity contribution in [3.8, 4) is 0 Å². The Hall–Kier alpha value is -0.870. The van der Waals surface area contributed by atoms with Crippen molar-refractivity contribution in [1.29, 1.82) is 0 Å². The zero-order chi connectivity index (χ0) is 12.1. The molecule has 0 atom stereocenters. The summed E-state index contributed by atoms with van der Waals surface area (Å²) in [6.07, 6.45) is 6.71. The average molecular weight is 236 g/mol. The van der Waals surface area contributed by atoms with Gasteiger partial charge < -0.3 is 5.32 Å². The van der Waals surface area contributed by atoms with Crippen molar-refractivity contribution in [2.75, 3.05) is 19.6 Å². The molecule has 1 aliphatic rings. The molecule has 1 fully saturated rings. The van der Waals surface area contributed by atoms with Crippen LogP contribution in [-0.2, 0) is 13.1 Å². The second kappa shape index (κ2) is 6.17. The molecule has 0 aliphatic carbocycles. The summed E-state index contributed by atoms with van der Waals surface area (Å²) in [5.74, 6) is 0. The van der Waals surface area contributed by atoms with E-state index in [-0.39, 0.29) is 0 Å². The lowest BCUT2D eigenvalue weighted by molar-refractivity contribution is 0.192. The lowest BCUT2D eigenvalue weighted by atomic mass is 10.0. The van der Waals surface area contributed by atoms with Crippen molar-refractivity contribution in [1.82, 2.24) is 20.0 Å². The zero-order valence-electron chi connectivity index (χ0n) is 11.0. The van der Waals surface area contributed by atoms with Crippen LogP contribution in [0.4, 0.5) is 0 Å². The second-order valence-electron chi connectivity index (χ2n) is 4.81. The lowest BCUT2D eigenvalue weighted by Gasteiger charge is -2.31. The fourth-order valence-electron chi connectivity index (χ4n) is 2.50. The van der Waals surface area contributed by atoms with Crippen LogP contribution in [-0.4, -0.2) is 40.4 Å². The number of piperidine rings is 1. The predicted molar refractivity (Wildman–Crippen MR) is 69.9 cm³/mol. The van der Waals surface area contributed by atoms with Crippen molar-refractivity contribution in [2.45, 2.75) is 45.8 Å². The standard InChI is InChI=1S/C13H24N4/c1-3-14-13-5-7-16(8-6-13)10-12-9-15-17(4-2)11-12/h9,11,13-14H,3-8,10H2,1-2H3. The van der Waals surface area contributed by atoms with E-state index in [0.717, 1.165) is 25.7 Å². The van der Waals surface area contributed by atoms with Gasteiger partial charge in [0.1, 0.15) is 0 Å². The summed E-state index contributed by atoms with van der Waals surface area (Å²) in [7, 11) is 0. The van der Waals surface area contributed by atoms with Crippen LogP contribution in [0.3, 0.4) is 0 Å². The Morgan fingerprint density at radius 1 is 1.35 bits per heavy atom. The van der Waals surface area contributed by atoms with Crippen LogP contribution < -0.4 is 5.32 Å². The predicted octanol–water partition coefficient (Wildman–Crippen LogP) is 1.48. The van der Waals surface area contributed by atoms with E-state index in [1.165, 1.54) is 31.5 Å². The third kappa shape index (κ3) is 3.54. The number of nitrogens with one attached hydrogen (secondary N) is 1. The minimum absolute atomic E-state index is 0.731. The van der Waals surface area contributed by atoms with E-state index < -0.39 is 0 Å². The van der Waals surface area contributed by atoms with Crippen LogP contribution in [0.2, 0.25) is 0 Å². The first-order valence-corrected chi connectivity index (χ1v) is 6.79. The molecule has 1 N–H and O–H groups in total. The molecule has 1 aliphatic heterocycles. The fourth-order valence-corrected chi connectivity index (χ4v) is 2.50. The molecule has 4 nitrogen and oxygen atoms in total. The maximum absolute atomic E-state index is 4.32. The van der Waals surface area contributed by atoms with Crippen molar-refractivity contribution >= 4 is 0 Å². The molecule has 0 unspecified atom stereocenters. The molecule has 0 bridgehead atoms. The Kier molecular flexibility index (Phi) is 4.57. The van der Waals surface area contributed by atoms with E-state index in [0.29, 0.717) is 0 Å². The van der Waals surface area contributed by atoms with Gasteiger partial charge >= 0.3 is 0 Å². The van der Waals surface area contributed by atoms with Gasteiger partial charge in [0.25, 0.3) is 0 Å². The highest BCUT2D eigenvalue weighted by Gasteiger charge is 2.18. The van der Waals surface area contributed by atoms with Gasteiger partial charge in [-0.1, -0.05) is 6.92 Å². The summed E-state index contributed by atoms with van der Waals surface area (Å²) in [6, 6.07) is 0.731. The summed E-state index contributed by atoms with van der Waals surface area (Å²) >= 11 is 0. The van der Waals surface area contributed by atoms with E-state index in [4.69, 9.17) is 0 Å². The molecular formula is C13H24N4. The number of rotatable bonds is 5. The Balaban J connectivity index is 1.77. The molecule has 0 saturated carbocycles. The second-order valence-corrected chi connectivity index (χ2v) is 4.81. The van der Waals surface area contributed by atoms with Crippen LogP contribution in [0.1, 0.15) is 32.3 Å². The third-order valence-electron chi connectivity index (χ3n) is 3.50. The Labute approximate surface area is 104 Å². The Morgan fingerprint density at radius 3 is 2.71 bits per heavy atom. The molecule has 0 spiro atoms. The normalized spacial score (nSPS) is 18.7. The first kappa shape index (κ1) is 12.6. The van der Waals surface area contributed by atoms with Gasteiger partial charge in [-0.25, -0.2) is 0 Å². The molecule has 0 radical (unpaired) electrons. The van der Waals surface area contributed by atoms with Gasteiger partial charge in [-0.05, 0) is 39.4 Å². The molecule has 4 heteroatoms. The third-order valence-corrected chi connectivity index (χ3v) is 3.50. The van der Waals surface area contributed by atoms with Gasteiger partial charge in [0.15, 0.2) is 0 Å². The van der Waals surface area contributed by atoms with Crippen molar-refractivity contribution in [3.63, 3.8) is 0 Å². The number of hydrogen-bond donors (Lipinski definition) is 1. The first-order valence-electron chi connectivity index (χ1n) is 6.79. The Morgan fingerprint density at radius 2 is 2.12 bits per heavy atom. The van der Waals surface area contributed by atoms with Crippen LogP contribution in [0.15, 0.2) is 12.4 Å². The maximum atomic E-state index is 4.32. The van der Waals surface area contributed by atoms with Crippen molar-refractivity contribution in [2.24, 2.45) is 0 Å². The molecule has 17 heavy (non-hydrogen) atoms. The molecule has 2 heterocycles. The van der Waals surface area contributed by atoms with E-state index in [1.807, 2.05) is 10.9 Å². The molecule has 0 aromatic carbocycles. The van der Waals surface area contributed by atoms with Crippen LogP contribution in [0.25, 0.3) is 0 Å². The molecular weight excluding hydrogens is 212 g/mol. The smallest absolute Gasteiger partial charge is 0.0534 e. The van der Waals surface area contributed by atoms with E-state index in [2.05, 4.69) is 35.4 Å². The molecule has 96 valence electrons. The topological polar surface area (TPSA) is 33.1 Å². The lowest BCUT2D eigenvalue weighted by Crippen LogP contribution is -2.41. The van der Waals surface area contributed by atoms with Gasteiger partial charge in [0, 0.05) is 30.9 Å². The highest BCUT2D eigenvalue weighted by molar-refractivity contribution is 5.03. The minimum Gasteiger partial charge on any atom is -0.314 e. The van der Waals surface area contributed by atoms with Crippen LogP contribution in [0.5, 0.6) is 0 Å². The number of nitrogens with zero attached hydrogens (tertiary/aromatic N) is 3. The number of aryl methyl sites for hydroxylation is 1. The van der Waals surface area contributed by atoms with Crippen molar-refractivity contribution < 1.29 is 0 Å². The zero-order valence-corrected chi connectivity index (χ0v) is 11.0. The molecule has 2 rings (SSSR count). The fraction of sp³-hybridized carbons (Fsp3) is 0.769. The number of likely N-dealkylation sites (tertiary alicyclic amines) is 1. The summed E-state index contributed by atoms with van der Waals surface area (Å²) in [5, 5.41) is 7.86. The summed E-state index contributed by atoms with van der Waals surface area (Å²) in [5.41, 5.74) is 1.34. The van der Waals surface area contributed by atoms with Gasteiger partial charge in [-0.15, -0.1) is 0 Å². The minimum atomic E-state index is 0.731. The van der Waals surface area contributed by atoms with Crippen LogP contribution >= 0.6 is 0 Å².